The maximum atomic E-state index is 10.5. The Hall–Kier alpha value is -1.17. The van der Waals surface area contributed by atoms with Gasteiger partial charge in [0.25, 0.3) is 0 Å². The summed E-state index contributed by atoms with van der Waals surface area (Å²) in [6, 6.07) is 0. The van der Waals surface area contributed by atoms with E-state index in [9.17, 15) is 20.1 Å². The van der Waals surface area contributed by atoms with Gasteiger partial charge < -0.3 is 20.4 Å². The van der Waals surface area contributed by atoms with E-state index in [4.69, 9.17) is 5.11 Å². The van der Waals surface area contributed by atoms with Crippen LogP contribution in [0.15, 0.2) is 24.3 Å². The molecule has 1 rings (SSSR count). The van der Waals surface area contributed by atoms with E-state index in [-0.39, 0.29) is 18.3 Å². The fraction of sp³-hybridized carbons (Fsp3) is 0.762. The third kappa shape index (κ3) is 8.47. The van der Waals surface area contributed by atoms with Gasteiger partial charge in [-0.25, -0.2) is 0 Å². The van der Waals surface area contributed by atoms with E-state index in [1.165, 1.54) is 0 Å². The van der Waals surface area contributed by atoms with Gasteiger partial charge in [0.05, 0.1) is 17.8 Å². The molecule has 2 unspecified atom stereocenters. The Kier molecular flexibility index (Phi) is 10.1. The predicted molar refractivity (Wildman–Crippen MR) is 103 cm³/mol. The molecule has 5 heteroatoms. The smallest absolute Gasteiger partial charge is 0.303 e. The summed E-state index contributed by atoms with van der Waals surface area (Å²) < 4.78 is 0. The summed E-state index contributed by atoms with van der Waals surface area (Å²) in [5.41, 5.74) is -0.889. The van der Waals surface area contributed by atoms with Crippen LogP contribution in [0.4, 0.5) is 0 Å². The number of carboxylic acids is 1. The SMILES string of the molecule is CCCCCC(C)(O)/C=C/C1[C@H](O)C[C@H](O)[C@@H]1C/C=C\CCCC(=O)O. The van der Waals surface area contributed by atoms with Crippen LogP contribution in [0.25, 0.3) is 0 Å². The molecular formula is C21H36O5. The number of carboxylic acid groups (broad SMARTS) is 1. The Labute approximate surface area is 157 Å². The normalized spacial score (nSPS) is 28.8. The molecular weight excluding hydrogens is 332 g/mol. The molecule has 1 aliphatic carbocycles. The predicted octanol–water partition coefficient (Wildman–Crippen LogP) is 3.43. The minimum Gasteiger partial charge on any atom is -0.481 e. The molecule has 0 amide bonds. The summed E-state index contributed by atoms with van der Waals surface area (Å²) in [6.45, 7) is 3.91. The summed E-state index contributed by atoms with van der Waals surface area (Å²) in [7, 11) is 0. The Morgan fingerprint density at radius 2 is 1.88 bits per heavy atom. The van der Waals surface area contributed by atoms with E-state index in [0.717, 1.165) is 19.3 Å². The summed E-state index contributed by atoms with van der Waals surface area (Å²) >= 11 is 0. The number of aliphatic carboxylic acids is 1. The third-order valence-corrected chi connectivity index (χ3v) is 5.22. The number of aliphatic hydroxyl groups excluding tert-OH is 2. The van der Waals surface area contributed by atoms with Gasteiger partial charge in [0.15, 0.2) is 0 Å². The first-order valence-electron chi connectivity index (χ1n) is 9.91. The number of rotatable bonds is 12. The fourth-order valence-corrected chi connectivity index (χ4v) is 3.58. The maximum Gasteiger partial charge on any atom is 0.303 e. The Morgan fingerprint density at radius 1 is 1.15 bits per heavy atom. The minimum absolute atomic E-state index is 0.0802. The monoisotopic (exact) mass is 368 g/mol. The van der Waals surface area contributed by atoms with Crippen LogP contribution in [0.5, 0.6) is 0 Å². The largest absolute Gasteiger partial charge is 0.481 e. The Balaban J connectivity index is 2.56. The van der Waals surface area contributed by atoms with Gasteiger partial charge in [-0.3, -0.25) is 4.79 Å². The molecule has 26 heavy (non-hydrogen) atoms. The summed E-state index contributed by atoms with van der Waals surface area (Å²) in [4.78, 5) is 10.5. The van der Waals surface area contributed by atoms with E-state index in [1.807, 2.05) is 18.2 Å². The van der Waals surface area contributed by atoms with Crippen LogP contribution >= 0.6 is 0 Å². The fourth-order valence-electron chi connectivity index (χ4n) is 3.58. The van der Waals surface area contributed by atoms with Crippen LogP contribution in [0, 0.1) is 11.8 Å². The molecule has 0 aromatic carbocycles. The van der Waals surface area contributed by atoms with Crippen molar-refractivity contribution in [2.75, 3.05) is 0 Å². The van der Waals surface area contributed by atoms with E-state index in [0.29, 0.717) is 32.1 Å². The van der Waals surface area contributed by atoms with Crippen molar-refractivity contribution >= 4 is 5.97 Å². The van der Waals surface area contributed by atoms with Gasteiger partial charge in [0.1, 0.15) is 0 Å². The van der Waals surface area contributed by atoms with Gasteiger partial charge in [-0.15, -0.1) is 0 Å². The number of unbranched alkanes of at least 4 members (excludes halogenated alkanes) is 3. The van der Waals surface area contributed by atoms with Gasteiger partial charge in [-0.1, -0.05) is 50.5 Å². The molecule has 0 aliphatic heterocycles. The topological polar surface area (TPSA) is 98.0 Å². The lowest BCUT2D eigenvalue weighted by Gasteiger charge is -2.23. The van der Waals surface area contributed by atoms with Crippen molar-refractivity contribution in [2.24, 2.45) is 11.8 Å². The Morgan fingerprint density at radius 3 is 2.54 bits per heavy atom. The first-order chi connectivity index (χ1) is 12.3. The highest BCUT2D eigenvalue weighted by molar-refractivity contribution is 5.66. The van der Waals surface area contributed by atoms with Crippen molar-refractivity contribution in [2.45, 2.75) is 89.4 Å². The second-order valence-corrected chi connectivity index (χ2v) is 7.78. The molecule has 0 aromatic rings. The van der Waals surface area contributed by atoms with Crippen LogP contribution in [0.3, 0.4) is 0 Å². The molecule has 5 atom stereocenters. The summed E-state index contributed by atoms with van der Waals surface area (Å²) in [5, 5.41) is 39.6. The molecule has 0 spiro atoms. The molecule has 1 saturated carbocycles. The number of allylic oxidation sites excluding steroid dienone is 2. The number of aliphatic hydroxyl groups is 3. The van der Waals surface area contributed by atoms with E-state index >= 15 is 0 Å². The van der Waals surface area contributed by atoms with Gasteiger partial charge >= 0.3 is 5.97 Å². The lowest BCUT2D eigenvalue weighted by molar-refractivity contribution is -0.137. The molecule has 0 saturated heterocycles. The Bertz CT molecular complexity index is 469. The summed E-state index contributed by atoms with van der Waals surface area (Å²) in [6.07, 6.45) is 12.7. The van der Waals surface area contributed by atoms with Crippen molar-refractivity contribution in [1.29, 1.82) is 0 Å². The molecule has 4 N–H and O–H groups in total. The van der Waals surface area contributed by atoms with Crippen molar-refractivity contribution in [3.63, 3.8) is 0 Å². The number of hydrogen-bond acceptors (Lipinski definition) is 4. The number of hydrogen-bond donors (Lipinski definition) is 4. The summed E-state index contributed by atoms with van der Waals surface area (Å²) in [5.74, 6) is -1.04. The van der Waals surface area contributed by atoms with E-state index in [2.05, 4.69) is 6.92 Å². The zero-order valence-corrected chi connectivity index (χ0v) is 16.2. The molecule has 0 radical (unpaired) electrons. The van der Waals surface area contributed by atoms with Crippen LogP contribution in [-0.4, -0.2) is 44.2 Å². The third-order valence-electron chi connectivity index (χ3n) is 5.22. The van der Waals surface area contributed by atoms with Gasteiger partial charge in [0.2, 0.25) is 0 Å². The van der Waals surface area contributed by atoms with Crippen LogP contribution in [0.1, 0.15) is 71.6 Å². The van der Waals surface area contributed by atoms with Gasteiger partial charge in [0, 0.05) is 18.8 Å². The second kappa shape index (κ2) is 11.5. The molecule has 1 aliphatic rings. The average molecular weight is 369 g/mol. The van der Waals surface area contributed by atoms with Crippen LogP contribution in [0.2, 0.25) is 0 Å². The zero-order chi connectivity index (χ0) is 19.6. The van der Waals surface area contributed by atoms with Gasteiger partial charge in [-0.05, 0) is 38.5 Å². The average Bonchev–Trinajstić information content (AvgIpc) is 2.82. The maximum absolute atomic E-state index is 10.5. The first-order valence-corrected chi connectivity index (χ1v) is 9.91. The van der Waals surface area contributed by atoms with Crippen LogP contribution in [-0.2, 0) is 4.79 Å². The van der Waals surface area contributed by atoms with Gasteiger partial charge in [-0.2, -0.15) is 0 Å². The van der Waals surface area contributed by atoms with Crippen molar-refractivity contribution < 1.29 is 25.2 Å². The van der Waals surface area contributed by atoms with E-state index < -0.39 is 23.8 Å². The zero-order valence-electron chi connectivity index (χ0n) is 16.2. The molecule has 0 heterocycles. The lowest BCUT2D eigenvalue weighted by Crippen LogP contribution is -2.24. The minimum atomic E-state index is -0.889. The van der Waals surface area contributed by atoms with E-state index in [1.54, 1.807) is 13.0 Å². The first kappa shape index (κ1) is 22.9. The van der Waals surface area contributed by atoms with Crippen molar-refractivity contribution in [1.82, 2.24) is 0 Å². The molecule has 1 fully saturated rings. The lowest BCUT2D eigenvalue weighted by atomic mass is 9.88. The highest BCUT2D eigenvalue weighted by atomic mass is 16.4. The van der Waals surface area contributed by atoms with Crippen molar-refractivity contribution in [3.8, 4) is 0 Å². The molecule has 5 nitrogen and oxygen atoms in total. The van der Waals surface area contributed by atoms with Crippen LogP contribution < -0.4 is 0 Å². The highest BCUT2D eigenvalue weighted by Crippen LogP contribution is 2.37. The molecule has 0 aromatic heterocycles. The second-order valence-electron chi connectivity index (χ2n) is 7.78. The highest BCUT2D eigenvalue weighted by Gasteiger charge is 2.39. The quantitative estimate of drug-likeness (QED) is 0.312. The number of carbonyl (C=O) groups is 1. The molecule has 150 valence electrons. The molecule has 0 bridgehead atoms. The van der Waals surface area contributed by atoms with Crippen molar-refractivity contribution in [3.05, 3.63) is 24.3 Å². The standard InChI is InChI=1S/C21H36O5/c1-3-4-9-13-21(2,26)14-12-17-16(18(22)15-19(17)23)10-7-5-6-8-11-20(24)25/h5,7,12,14,16-19,22-23,26H,3-4,6,8-11,13,15H2,1-2H3,(H,24,25)/b7-5-,14-12+/t16-,17?,18+,19-,21?/m1/s1.